The van der Waals surface area contributed by atoms with Crippen LogP contribution in [0.5, 0.6) is 0 Å². The molecule has 0 aromatic rings. The summed E-state index contributed by atoms with van der Waals surface area (Å²) in [4.78, 5) is 10.7. The van der Waals surface area contributed by atoms with Crippen LogP contribution in [0.2, 0.25) is 0 Å². The normalized spacial score (nSPS) is 10.0. The van der Waals surface area contributed by atoms with Gasteiger partial charge >= 0.3 is 0 Å². The molecule has 0 aromatic heterocycles. The van der Waals surface area contributed by atoms with Crippen LogP contribution in [0.4, 0.5) is 0 Å². The Bertz CT molecular complexity index is 190. The molecule has 0 rings (SSSR count). The van der Waals surface area contributed by atoms with Crippen molar-refractivity contribution in [3.8, 4) is 0 Å². The molecule has 88 valence electrons. The van der Waals surface area contributed by atoms with E-state index >= 15 is 0 Å². The zero-order chi connectivity index (χ0) is 11.5. The van der Waals surface area contributed by atoms with Gasteiger partial charge in [0.05, 0.1) is 13.2 Å². The quantitative estimate of drug-likeness (QED) is 0.465. The fraction of sp³-hybridized carbons (Fsp3) is 0.727. The molecule has 0 fully saturated rings. The van der Waals surface area contributed by atoms with Gasteiger partial charge in [0.15, 0.2) is 0 Å². The number of ether oxygens (including phenoxy) is 2. The molecule has 0 radical (unpaired) electrons. The van der Waals surface area contributed by atoms with Crippen molar-refractivity contribution in [3.63, 3.8) is 0 Å². The van der Waals surface area contributed by atoms with E-state index in [-0.39, 0.29) is 0 Å². The standard InChI is InChI=1S/C11H21NO3/c1-3-5-14-8-10(7-11(12)13)9-15-6-4-2/h7H,3-6,8-9H2,1-2H3,(H2,12,13). The smallest absolute Gasteiger partial charge is 0.241 e. The Kier molecular flexibility index (Phi) is 9.11. The summed E-state index contributed by atoms with van der Waals surface area (Å²) >= 11 is 0. The van der Waals surface area contributed by atoms with Crippen LogP contribution >= 0.6 is 0 Å². The van der Waals surface area contributed by atoms with E-state index < -0.39 is 5.91 Å². The summed E-state index contributed by atoms with van der Waals surface area (Å²) in [7, 11) is 0. The summed E-state index contributed by atoms with van der Waals surface area (Å²) in [6.45, 7) is 6.27. The zero-order valence-corrected chi connectivity index (χ0v) is 9.62. The number of nitrogens with two attached hydrogens (primary N) is 1. The van der Waals surface area contributed by atoms with Gasteiger partial charge in [0.25, 0.3) is 0 Å². The second-order valence-corrected chi connectivity index (χ2v) is 3.31. The second kappa shape index (κ2) is 9.68. The lowest BCUT2D eigenvalue weighted by atomic mass is 10.2. The van der Waals surface area contributed by atoms with E-state index in [1.807, 2.05) is 13.8 Å². The SMILES string of the molecule is CCCOCC(=CC(N)=O)COCCC. The van der Waals surface area contributed by atoms with Crippen molar-refractivity contribution < 1.29 is 14.3 Å². The summed E-state index contributed by atoms with van der Waals surface area (Å²) in [5.41, 5.74) is 5.87. The highest BCUT2D eigenvalue weighted by Gasteiger charge is 2.00. The first-order valence-electron chi connectivity index (χ1n) is 5.35. The molecule has 0 heterocycles. The van der Waals surface area contributed by atoms with E-state index in [0.29, 0.717) is 26.4 Å². The van der Waals surface area contributed by atoms with Crippen LogP contribution in [0, 0.1) is 0 Å². The van der Waals surface area contributed by atoms with E-state index in [0.717, 1.165) is 18.4 Å². The maximum atomic E-state index is 10.7. The Hall–Kier alpha value is -0.870. The molecule has 1 amide bonds. The Labute approximate surface area is 91.4 Å². The molecule has 0 saturated carbocycles. The lowest BCUT2D eigenvalue weighted by molar-refractivity contribution is -0.113. The largest absolute Gasteiger partial charge is 0.377 e. The maximum Gasteiger partial charge on any atom is 0.241 e. The van der Waals surface area contributed by atoms with Gasteiger partial charge in [-0.2, -0.15) is 0 Å². The first-order chi connectivity index (χ1) is 7.20. The summed E-state index contributed by atoms with van der Waals surface area (Å²) in [5, 5.41) is 0. The van der Waals surface area contributed by atoms with Gasteiger partial charge in [0.1, 0.15) is 0 Å². The monoisotopic (exact) mass is 215 g/mol. The number of hydrogen-bond donors (Lipinski definition) is 1. The molecule has 0 aliphatic rings. The molecule has 15 heavy (non-hydrogen) atoms. The Balaban J connectivity index is 3.90. The first kappa shape index (κ1) is 14.1. The van der Waals surface area contributed by atoms with Crippen LogP contribution in [0.3, 0.4) is 0 Å². The van der Waals surface area contributed by atoms with Crippen LogP contribution in [-0.4, -0.2) is 32.3 Å². The van der Waals surface area contributed by atoms with Crippen molar-refractivity contribution in [2.24, 2.45) is 5.73 Å². The predicted octanol–water partition coefficient (Wildman–Crippen LogP) is 1.25. The molecule has 0 saturated heterocycles. The molecule has 0 aromatic carbocycles. The Morgan fingerprint density at radius 1 is 1.13 bits per heavy atom. The van der Waals surface area contributed by atoms with Crippen molar-refractivity contribution in [1.82, 2.24) is 0 Å². The summed E-state index contributed by atoms with van der Waals surface area (Å²) < 4.78 is 10.6. The third-order valence-corrected chi connectivity index (χ3v) is 1.62. The number of amides is 1. The van der Waals surface area contributed by atoms with Crippen LogP contribution < -0.4 is 5.73 Å². The molecule has 4 heteroatoms. The van der Waals surface area contributed by atoms with Crippen molar-refractivity contribution >= 4 is 5.91 Å². The lowest BCUT2D eigenvalue weighted by Gasteiger charge is -2.08. The van der Waals surface area contributed by atoms with E-state index in [2.05, 4.69) is 0 Å². The van der Waals surface area contributed by atoms with Gasteiger partial charge in [-0.1, -0.05) is 13.8 Å². The number of hydrogen-bond acceptors (Lipinski definition) is 3. The van der Waals surface area contributed by atoms with Crippen LogP contribution in [0.1, 0.15) is 26.7 Å². The molecule has 0 spiro atoms. The topological polar surface area (TPSA) is 61.5 Å². The van der Waals surface area contributed by atoms with E-state index in [1.54, 1.807) is 0 Å². The molecule has 0 bridgehead atoms. The van der Waals surface area contributed by atoms with Gasteiger partial charge in [-0.05, 0) is 18.4 Å². The number of carbonyl (C=O) groups excluding carboxylic acids is 1. The van der Waals surface area contributed by atoms with Gasteiger partial charge < -0.3 is 15.2 Å². The van der Waals surface area contributed by atoms with Crippen molar-refractivity contribution in [2.75, 3.05) is 26.4 Å². The van der Waals surface area contributed by atoms with Crippen LogP contribution in [-0.2, 0) is 14.3 Å². The Morgan fingerprint density at radius 3 is 1.93 bits per heavy atom. The zero-order valence-electron chi connectivity index (χ0n) is 9.62. The fourth-order valence-corrected chi connectivity index (χ4v) is 1.02. The molecule has 2 N–H and O–H groups in total. The minimum atomic E-state index is -0.454. The fourth-order valence-electron chi connectivity index (χ4n) is 1.02. The van der Waals surface area contributed by atoms with E-state index in [9.17, 15) is 4.79 Å². The first-order valence-corrected chi connectivity index (χ1v) is 5.35. The maximum absolute atomic E-state index is 10.7. The number of carbonyl (C=O) groups is 1. The number of primary amides is 1. The molecule has 0 atom stereocenters. The van der Waals surface area contributed by atoms with Gasteiger partial charge in [-0.15, -0.1) is 0 Å². The molecule has 0 aliphatic heterocycles. The number of rotatable bonds is 9. The highest BCUT2D eigenvalue weighted by atomic mass is 16.5. The third kappa shape index (κ3) is 9.43. The van der Waals surface area contributed by atoms with Crippen molar-refractivity contribution in [1.29, 1.82) is 0 Å². The van der Waals surface area contributed by atoms with E-state index in [4.69, 9.17) is 15.2 Å². The summed E-state index contributed by atoms with van der Waals surface area (Å²) in [6.07, 6.45) is 3.30. The van der Waals surface area contributed by atoms with Gasteiger partial charge in [0, 0.05) is 19.3 Å². The minimum Gasteiger partial charge on any atom is -0.377 e. The van der Waals surface area contributed by atoms with E-state index in [1.165, 1.54) is 6.08 Å². The minimum absolute atomic E-state index is 0.417. The molecular weight excluding hydrogens is 194 g/mol. The van der Waals surface area contributed by atoms with Crippen LogP contribution in [0.15, 0.2) is 11.6 Å². The second-order valence-electron chi connectivity index (χ2n) is 3.31. The average Bonchev–Trinajstić information content (AvgIpc) is 2.17. The van der Waals surface area contributed by atoms with Gasteiger partial charge in [0.2, 0.25) is 5.91 Å². The average molecular weight is 215 g/mol. The van der Waals surface area contributed by atoms with Gasteiger partial charge in [-0.25, -0.2) is 0 Å². The van der Waals surface area contributed by atoms with Gasteiger partial charge in [-0.3, -0.25) is 4.79 Å². The predicted molar refractivity (Wildman–Crippen MR) is 59.5 cm³/mol. The van der Waals surface area contributed by atoms with Crippen molar-refractivity contribution in [2.45, 2.75) is 26.7 Å². The lowest BCUT2D eigenvalue weighted by Crippen LogP contribution is -2.13. The highest BCUT2D eigenvalue weighted by Crippen LogP contribution is 1.98. The summed E-state index contributed by atoms with van der Waals surface area (Å²) in [5.74, 6) is -0.454. The third-order valence-electron chi connectivity index (χ3n) is 1.62. The molecule has 4 nitrogen and oxygen atoms in total. The molecule has 0 unspecified atom stereocenters. The van der Waals surface area contributed by atoms with Crippen LogP contribution in [0.25, 0.3) is 0 Å². The molecule has 0 aliphatic carbocycles. The highest BCUT2D eigenvalue weighted by molar-refractivity contribution is 5.86. The Morgan fingerprint density at radius 2 is 1.60 bits per heavy atom. The molecular formula is C11H21NO3. The van der Waals surface area contributed by atoms with Crippen molar-refractivity contribution in [3.05, 3.63) is 11.6 Å². The summed E-state index contributed by atoms with van der Waals surface area (Å²) in [6, 6.07) is 0.